The molecule has 1 N–H and O–H groups in total. The molecular formula is C16H16INO5S. The molecule has 0 atom stereocenters. The van der Waals surface area contributed by atoms with E-state index in [1.54, 1.807) is 18.2 Å². The van der Waals surface area contributed by atoms with E-state index in [1.807, 2.05) is 29.5 Å². The monoisotopic (exact) mass is 461 g/mol. The molecule has 6 nitrogen and oxygen atoms in total. The number of thioether (sulfide) groups is 1. The smallest absolute Gasteiger partial charge is 0.326 e. The predicted molar refractivity (Wildman–Crippen MR) is 99.4 cm³/mol. The standard InChI is InChI=1S/C16H16INO5S/c1-2-3-6-23-14(20)9-18-15(21)13(24-16(18)22)8-10-4-5-12(19)11(17)7-10/h4-5,7-8,19H,2-3,6,9H2,1H3/b13-8-. The van der Waals surface area contributed by atoms with Crippen molar-refractivity contribution in [2.24, 2.45) is 0 Å². The Kier molecular flexibility index (Phi) is 6.67. The Bertz CT molecular complexity index is 704. The number of esters is 1. The summed E-state index contributed by atoms with van der Waals surface area (Å²) < 4.78 is 5.62. The predicted octanol–water partition coefficient (Wildman–Crippen LogP) is 3.38. The Morgan fingerprint density at radius 1 is 1.42 bits per heavy atom. The van der Waals surface area contributed by atoms with Crippen LogP contribution in [0.5, 0.6) is 5.75 Å². The molecule has 24 heavy (non-hydrogen) atoms. The number of unbranched alkanes of at least 4 members (excludes halogenated alkanes) is 1. The van der Waals surface area contributed by atoms with Crippen molar-refractivity contribution in [2.75, 3.05) is 13.2 Å². The minimum atomic E-state index is -0.591. The van der Waals surface area contributed by atoms with Gasteiger partial charge >= 0.3 is 5.97 Å². The third-order valence-electron chi connectivity index (χ3n) is 3.19. The van der Waals surface area contributed by atoms with Gasteiger partial charge in [-0.05, 0) is 64.5 Å². The number of imide groups is 1. The number of ether oxygens (including phenoxy) is 1. The molecule has 2 rings (SSSR count). The first-order chi connectivity index (χ1) is 11.4. The highest BCUT2D eigenvalue weighted by molar-refractivity contribution is 14.1. The van der Waals surface area contributed by atoms with Crippen LogP contribution in [0.4, 0.5) is 4.79 Å². The molecule has 8 heteroatoms. The van der Waals surface area contributed by atoms with Crippen molar-refractivity contribution in [1.29, 1.82) is 0 Å². The van der Waals surface area contributed by atoms with Gasteiger partial charge in [0, 0.05) is 0 Å². The van der Waals surface area contributed by atoms with Crippen LogP contribution in [0.15, 0.2) is 23.1 Å². The maximum absolute atomic E-state index is 12.3. The molecule has 1 fully saturated rings. The number of nitrogens with zero attached hydrogens (tertiary/aromatic N) is 1. The van der Waals surface area contributed by atoms with Gasteiger partial charge in [-0.25, -0.2) is 0 Å². The molecule has 0 radical (unpaired) electrons. The van der Waals surface area contributed by atoms with Gasteiger partial charge in [0.1, 0.15) is 12.3 Å². The first-order valence-electron chi connectivity index (χ1n) is 7.32. The number of carbonyl (C=O) groups is 3. The number of phenolic OH excluding ortho intramolecular Hbond substituents is 1. The number of hydrogen-bond donors (Lipinski definition) is 1. The summed E-state index contributed by atoms with van der Waals surface area (Å²) in [5.74, 6) is -0.956. The summed E-state index contributed by atoms with van der Waals surface area (Å²) in [5, 5.41) is 9.02. The summed E-state index contributed by atoms with van der Waals surface area (Å²) in [4.78, 5) is 37.1. The molecule has 2 amide bonds. The van der Waals surface area contributed by atoms with Gasteiger partial charge in [-0.1, -0.05) is 19.4 Å². The van der Waals surface area contributed by atoms with Crippen molar-refractivity contribution in [3.8, 4) is 5.75 Å². The number of carbonyl (C=O) groups excluding carboxylic acids is 3. The summed E-state index contributed by atoms with van der Waals surface area (Å²) >= 11 is 2.76. The third-order valence-corrected chi connectivity index (χ3v) is 4.96. The van der Waals surface area contributed by atoms with Gasteiger partial charge in [-0.2, -0.15) is 0 Å². The molecule has 0 bridgehead atoms. The van der Waals surface area contributed by atoms with Crippen LogP contribution in [-0.4, -0.2) is 40.3 Å². The second-order valence-electron chi connectivity index (χ2n) is 5.05. The van der Waals surface area contributed by atoms with Crippen molar-refractivity contribution in [3.05, 3.63) is 32.2 Å². The van der Waals surface area contributed by atoms with Gasteiger partial charge < -0.3 is 9.84 Å². The van der Waals surface area contributed by atoms with Crippen molar-refractivity contribution in [2.45, 2.75) is 19.8 Å². The number of hydrogen-bond acceptors (Lipinski definition) is 6. The fourth-order valence-electron chi connectivity index (χ4n) is 1.91. The highest BCUT2D eigenvalue weighted by Gasteiger charge is 2.36. The number of halogens is 1. The summed E-state index contributed by atoms with van der Waals surface area (Å²) in [6.45, 7) is 1.88. The van der Waals surface area contributed by atoms with Crippen LogP contribution in [0, 0.1) is 3.57 Å². The minimum absolute atomic E-state index is 0.149. The van der Waals surface area contributed by atoms with Gasteiger partial charge in [-0.15, -0.1) is 0 Å². The van der Waals surface area contributed by atoms with Gasteiger partial charge in [0.15, 0.2) is 0 Å². The molecule has 0 aromatic heterocycles. The van der Waals surface area contributed by atoms with Gasteiger partial charge in [0.2, 0.25) is 0 Å². The second kappa shape index (κ2) is 8.52. The number of amides is 2. The van der Waals surface area contributed by atoms with Crippen LogP contribution in [0.2, 0.25) is 0 Å². The maximum atomic E-state index is 12.3. The highest BCUT2D eigenvalue weighted by atomic mass is 127. The zero-order chi connectivity index (χ0) is 17.7. The van der Waals surface area contributed by atoms with Crippen LogP contribution >= 0.6 is 34.4 Å². The molecule has 1 aromatic rings. The summed E-state index contributed by atoms with van der Waals surface area (Å²) in [6, 6.07) is 4.86. The lowest BCUT2D eigenvalue weighted by atomic mass is 10.2. The largest absolute Gasteiger partial charge is 0.507 e. The number of aromatic hydroxyl groups is 1. The minimum Gasteiger partial charge on any atom is -0.507 e. The van der Waals surface area contributed by atoms with E-state index < -0.39 is 17.1 Å². The number of rotatable bonds is 6. The molecule has 0 aliphatic carbocycles. The van der Waals surface area contributed by atoms with E-state index in [1.165, 1.54) is 6.07 Å². The van der Waals surface area contributed by atoms with E-state index in [2.05, 4.69) is 0 Å². The zero-order valence-corrected chi connectivity index (χ0v) is 15.9. The first kappa shape index (κ1) is 18.8. The van der Waals surface area contributed by atoms with Gasteiger partial charge in [0.05, 0.1) is 15.1 Å². The third kappa shape index (κ3) is 4.73. The fourth-order valence-corrected chi connectivity index (χ4v) is 3.28. The van der Waals surface area contributed by atoms with Gasteiger partial charge in [-0.3, -0.25) is 19.3 Å². The van der Waals surface area contributed by atoms with Crippen molar-refractivity contribution in [3.63, 3.8) is 0 Å². The van der Waals surface area contributed by atoms with Crippen LogP contribution in [0.25, 0.3) is 6.08 Å². The number of benzene rings is 1. The quantitative estimate of drug-likeness (QED) is 0.303. The molecule has 1 heterocycles. The zero-order valence-electron chi connectivity index (χ0n) is 13.0. The van der Waals surface area contributed by atoms with E-state index in [0.29, 0.717) is 9.13 Å². The first-order valence-corrected chi connectivity index (χ1v) is 9.21. The van der Waals surface area contributed by atoms with Crippen molar-refractivity contribution < 1.29 is 24.2 Å². The Morgan fingerprint density at radius 2 is 2.17 bits per heavy atom. The van der Waals surface area contributed by atoms with Crippen LogP contribution in [0.1, 0.15) is 25.3 Å². The van der Waals surface area contributed by atoms with E-state index in [4.69, 9.17) is 4.74 Å². The van der Waals surface area contributed by atoms with Crippen LogP contribution < -0.4 is 0 Å². The lowest BCUT2D eigenvalue weighted by Crippen LogP contribution is -2.34. The molecule has 1 aliphatic rings. The lowest BCUT2D eigenvalue weighted by molar-refractivity contribution is -0.146. The average Bonchev–Trinajstić information content (AvgIpc) is 2.79. The topological polar surface area (TPSA) is 83.9 Å². The highest BCUT2D eigenvalue weighted by Crippen LogP contribution is 2.32. The summed E-state index contributed by atoms with van der Waals surface area (Å²) in [7, 11) is 0. The average molecular weight is 461 g/mol. The lowest BCUT2D eigenvalue weighted by Gasteiger charge is -2.11. The van der Waals surface area contributed by atoms with Crippen LogP contribution in [0.3, 0.4) is 0 Å². The Morgan fingerprint density at radius 3 is 2.83 bits per heavy atom. The van der Waals surface area contributed by atoms with Crippen LogP contribution in [-0.2, 0) is 14.3 Å². The Hall–Kier alpha value is -1.55. The van der Waals surface area contributed by atoms with E-state index in [0.717, 1.165) is 29.5 Å². The molecule has 0 saturated carbocycles. The normalized spacial score (nSPS) is 16.1. The fraction of sp³-hybridized carbons (Fsp3) is 0.312. The Labute approximate surface area is 157 Å². The molecule has 1 aliphatic heterocycles. The van der Waals surface area contributed by atoms with Gasteiger partial charge in [0.25, 0.3) is 11.1 Å². The van der Waals surface area contributed by atoms with Crippen molar-refractivity contribution in [1.82, 2.24) is 4.90 Å². The van der Waals surface area contributed by atoms with E-state index in [9.17, 15) is 19.5 Å². The summed E-state index contributed by atoms with van der Waals surface area (Å²) in [5.41, 5.74) is 0.688. The summed E-state index contributed by atoms with van der Waals surface area (Å²) in [6.07, 6.45) is 3.20. The molecular weight excluding hydrogens is 445 g/mol. The molecule has 1 saturated heterocycles. The molecule has 0 unspecified atom stereocenters. The molecule has 0 spiro atoms. The van der Waals surface area contributed by atoms with E-state index >= 15 is 0 Å². The molecule has 1 aromatic carbocycles. The maximum Gasteiger partial charge on any atom is 0.326 e. The SMILES string of the molecule is CCCCOC(=O)CN1C(=O)S/C(=C\c2ccc(O)c(I)c2)C1=O. The number of phenols is 1. The Balaban J connectivity index is 2.06. The van der Waals surface area contributed by atoms with Crippen molar-refractivity contribution >= 4 is 57.5 Å². The van der Waals surface area contributed by atoms with E-state index in [-0.39, 0.29) is 23.8 Å². The second-order valence-corrected chi connectivity index (χ2v) is 7.21. The molecule has 128 valence electrons.